The molecule has 1 aliphatic heterocycles. The molecule has 5 nitrogen and oxygen atoms in total. The number of fused-ring (bicyclic) bond motifs is 4. The van der Waals surface area contributed by atoms with E-state index in [1.54, 1.807) is 9.30 Å². The number of para-hydroxylation sites is 3. The Bertz CT molecular complexity index is 1570. The Morgan fingerprint density at radius 1 is 0.833 bits per heavy atom. The molecule has 0 radical (unpaired) electrons. The second kappa shape index (κ2) is 6.37. The topological polar surface area (TPSA) is 54.7 Å². The van der Waals surface area contributed by atoms with Gasteiger partial charge < -0.3 is 4.90 Å². The normalized spacial score (nSPS) is 15.3. The highest BCUT2D eigenvalue weighted by atomic mass is 32.1. The van der Waals surface area contributed by atoms with Gasteiger partial charge >= 0.3 is 0 Å². The maximum absolute atomic E-state index is 13.5. The third kappa shape index (κ3) is 2.37. The lowest BCUT2D eigenvalue weighted by atomic mass is 10.1. The minimum absolute atomic E-state index is 0.147. The van der Waals surface area contributed by atoms with Crippen LogP contribution in [-0.4, -0.2) is 15.3 Å². The van der Waals surface area contributed by atoms with Crippen LogP contribution in [0.5, 0.6) is 0 Å². The first-order chi connectivity index (χ1) is 14.7. The van der Waals surface area contributed by atoms with E-state index < -0.39 is 0 Å². The van der Waals surface area contributed by atoms with Gasteiger partial charge in [-0.3, -0.25) is 9.59 Å². The number of rotatable bonds is 2. The van der Waals surface area contributed by atoms with Gasteiger partial charge in [-0.25, -0.2) is 9.38 Å². The van der Waals surface area contributed by atoms with Crippen LogP contribution in [0, 0.1) is 0 Å². The van der Waals surface area contributed by atoms with Crippen molar-refractivity contribution < 1.29 is 4.79 Å². The molecule has 0 fully saturated rings. The molecule has 1 aliphatic rings. The van der Waals surface area contributed by atoms with E-state index in [0.717, 1.165) is 27.8 Å². The van der Waals surface area contributed by atoms with E-state index in [2.05, 4.69) is 4.98 Å². The number of hydrogen-bond donors (Lipinski definition) is 0. The van der Waals surface area contributed by atoms with Crippen LogP contribution >= 0.6 is 11.3 Å². The number of nitrogens with zero attached hydrogens (tertiary/aromatic N) is 3. The zero-order valence-electron chi connectivity index (χ0n) is 15.8. The first-order valence-electron chi connectivity index (χ1n) is 9.62. The molecule has 3 aromatic carbocycles. The van der Waals surface area contributed by atoms with Crippen LogP contribution < -0.4 is 15.0 Å². The molecule has 0 saturated carbocycles. The fraction of sp³-hybridized carbons (Fsp3) is 0.0417. The largest absolute Gasteiger partial charge is 0.303 e. The molecular formula is C24H15N3O2S. The summed E-state index contributed by atoms with van der Waals surface area (Å²) in [6, 6.07) is 25.1. The molecule has 0 spiro atoms. The summed E-state index contributed by atoms with van der Waals surface area (Å²) in [7, 11) is 0. The summed E-state index contributed by atoms with van der Waals surface area (Å²) in [5, 5.41) is 0. The second-order valence-corrected chi connectivity index (χ2v) is 8.20. The molecule has 1 amide bonds. The van der Waals surface area contributed by atoms with Crippen LogP contribution in [0.15, 0.2) is 83.7 Å². The Morgan fingerprint density at radius 2 is 1.57 bits per heavy atom. The Labute approximate surface area is 175 Å². The number of thiazole rings is 1. The molecule has 0 aliphatic carbocycles. The lowest BCUT2D eigenvalue weighted by molar-refractivity contribution is -0.113. The van der Waals surface area contributed by atoms with Crippen molar-refractivity contribution in [3.8, 4) is 0 Å². The van der Waals surface area contributed by atoms with Crippen LogP contribution in [0.3, 0.4) is 0 Å². The van der Waals surface area contributed by atoms with Gasteiger partial charge in [0.25, 0.3) is 11.5 Å². The summed E-state index contributed by atoms with van der Waals surface area (Å²) in [4.78, 5) is 33.8. The summed E-state index contributed by atoms with van der Waals surface area (Å²) in [5.41, 5.74) is 4.48. The number of benzene rings is 3. The molecule has 0 N–H and O–H groups in total. The maximum Gasteiger partial charge on any atom is 0.275 e. The lowest BCUT2D eigenvalue weighted by Gasteiger charge is -2.17. The predicted octanol–water partition coefficient (Wildman–Crippen LogP) is 3.37. The molecule has 0 atom stereocenters. The number of aromatic nitrogens is 2. The van der Waals surface area contributed by atoms with Crippen molar-refractivity contribution >= 4 is 44.5 Å². The lowest BCUT2D eigenvalue weighted by Crippen LogP contribution is -2.31. The van der Waals surface area contributed by atoms with Crippen LogP contribution in [0.25, 0.3) is 21.6 Å². The van der Waals surface area contributed by atoms with Crippen molar-refractivity contribution in [3.63, 3.8) is 0 Å². The first kappa shape index (κ1) is 17.1. The summed E-state index contributed by atoms with van der Waals surface area (Å²) in [6.07, 6.45) is 0. The third-order valence-corrected chi connectivity index (χ3v) is 6.49. The minimum atomic E-state index is -0.191. The van der Waals surface area contributed by atoms with Gasteiger partial charge in [0.05, 0.1) is 28.8 Å². The number of imidazole rings is 1. The SMILES string of the molecule is O=C1C(=c2sc3nc4ccccc4n3c2=O)c2ccccc2N1Cc1ccccc1. The molecule has 3 heterocycles. The summed E-state index contributed by atoms with van der Waals surface area (Å²) < 4.78 is 2.05. The van der Waals surface area contributed by atoms with Crippen LogP contribution in [-0.2, 0) is 11.3 Å². The molecule has 30 heavy (non-hydrogen) atoms. The fourth-order valence-electron chi connectivity index (χ4n) is 4.09. The summed E-state index contributed by atoms with van der Waals surface area (Å²) in [5.74, 6) is -0.147. The van der Waals surface area contributed by atoms with E-state index >= 15 is 0 Å². The highest BCUT2D eigenvalue weighted by Crippen LogP contribution is 2.36. The number of amides is 1. The van der Waals surface area contributed by atoms with E-state index in [0.29, 0.717) is 21.6 Å². The van der Waals surface area contributed by atoms with Gasteiger partial charge in [-0.1, -0.05) is 72.0 Å². The van der Waals surface area contributed by atoms with Gasteiger partial charge in [0.15, 0.2) is 4.96 Å². The highest BCUT2D eigenvalue weighted by molar-refractivity contribution is 7.15. The number of carbonyl (C=O) groups excluding carboxylic acids is 1. The summed E-state index contributed by atoms with van der Waals surface area (Å²) >= 11 is 1.28. The monoisotopic (exact) mass is 409 g/mol. The van der Waals surface area contributed by atoms with Crippen LogP contribution in [0.1, 0.15) is 11.1 Å². The van der Waals surface area contributed by atoms with Gasteiger partial charge in [0, 0.05) is 5.56 Å². The molecule has 2 aromatic heterocycles. The number of carbonyl (C=O) groups is 1. The van der Waals surface area contributed by atoms with E-state index in [1.165, 1.54) is 11.3 Å². The molecule has 0 saturated heterocycles. The van der Waals surface area contributed by atoms with Crippen molar-refractivity contribution in [2.75, 3.05) is 4.90 Å². The van der Waals surface area contributed by atoms with Crippen molar-refractivity contribution in [3.05, 3.63) is 105 Å². The standard InChI is InChI=1S/C24H15N3O2S/c28-22-20(21-23(29)27-19-13-7-5-11-17(19)25-24(27)30-21)16-10-4-6-12-18(16)26(22)14-15-8-2-1-3-9-15/h1-13H,14H2. The summed E-state index contributed by atoms with van der Waals surface area (Å²) in [6.45, 7) is 0.458. The number of anilines is 1. The smallest absolute Gasteiger partial charge is 0.275 e. The second-order valence-electron chi connectivity index (χ2n) is 7.22. The quantitative estimate of drug-likeness (QED) is 0.449. The molecule has 5 aromatic rings. The number of hydrogen-bond acceptors (Lipinski definition) is 4. The fourth-order valence-corrected chi connectivity index (χ4v) is 5.16. The van der Waals surface area contributed by atoms with E-state index in [1.807, 2.05) is 78.9 Å². The Balaban J connectivity index is 1.61. The van der Waals surface area contributed by atoms with Gasteiger partial charge in [-0.2, -0.15) is 0 Å². The Morgan fingerprint density at radius 3 is 2.43 bits per heavy atom. The Hall–Kier alpha value is -3.77. The van der Waals surface area contributed by atoms with E-state index in [4.69, 9.17) is 0 Å². The van der Waals surface area contributed by atoms with E-state index in [9.17, 15) is 9.59 Å². The van der Waals surface area contributed by atoms with Gasteiger partial charge in [0.2, 0.25) is 0 Å². The van der Waals surface area contributed by atoms with Gasteiger partial charge in [-0.15, -0.1) is 0 Å². The minimum Gasteiger partial charge on any atom is -0.303 e. The predicted molar refractivity (Wildman–Crippen MR) is 119 cm³/mol. The zero-order chi connectivity index (χ0) is 20.2. The van der Waals surface area contributed by atoms with Crippen molar-refractivity contribution in [1.82, 2.24) is 9.38 Å². The highest BCUT2D eigenvalue weighted by Gasteiger charge is 2.34. The Kier molecular flexibility index (Phi) is 3.63. The maximum atomic E-state index is 13.5. The zero-order valence-corrected chi connectivity index (χ0v) is 16.6. The average molecular weight is 409 g/mol. The van der Waals surface area contributed by atoms with Crippen molar-refractivity contribution in [2.45, 2.75) is 6.54 Å². The molecule has 144 valence electrons. The molecule has 0 unspecified atom stereocenters. The molecule has 6 heteroatoms. The van der Waals surface area contributed by atoms with Gasteiger partial charge in [-0.05, 0) is 23.8 Å². The van der Waals surface area contributed by atoms with E-state index in [-0.39, 0.29) is 11.5 Å². The third-order valence-electron chi connectivity index (χ3n) is 5.45. The van der Waals surface area contributed by atoms with Crippen molar-refractivity contribution in [1.29, 1.82) is 0 Å². The molecular weight excluding hydrogens is 394 g/mol. The molecule has 0 bridgehead atoms. The van der Waals surface area contributed by atoms with Crippen LogP contribution in [0.2, 0.25) is 0 Å². The van der Waals surface area contributed by atoms with Crippen molar-refractivity contribution in [2.24, 2.45) is 0 Å². The molecule has 6 rings (SSSR count). The van der Waals surface area contributed by atoms with Gasteiger partial charge in [0.1, 0.15) is 4.53 Å². The van der Waals surface area contributed by atoms with Crippen LogP contribution in [0.4, 0.5) is 5.69 Å². The first-order valence-corrected chi connectivity index (χ1v) is 10.4. The average Bonchev–Trinajstić information content (AvgIpc) is 3.38.